The highest BCUT2D eigenvalue weighted by Gasteiger charge is 2.20. The van der Waals surface area contributed by atoms with Crippen molar-refractivity contribution in [2.45, 2.75) is 110 Å². The van der Waals surface area contributed by atoms with Gasteiger partial charge in [-0.1, -0.05) is 128 Å². The standard InChI is InChI=1S/C32H48N2O3/c1-2-3-4-5-6-7-8-9-10-11-12-13-14-15-16-17-26-34(32(33)37)31(36)29-20-18-27(19-21-29)28-22-24-30(35)25-23-28/h18-25,35H,2-17,26H2,1H3,(H2,33,37). The number of carbonyl (C=O) groups is 2. The summed E-state index contributed by atoms with van der Waals surface area (Å²) in [7, 11) is 0. The Morgan fingerprint density at radius 3 is 1.41 bits per heavy atom. The molecule has 0 unspecified atom stereocenters. The zero-order valence-corrected chi connectivity index (χ0v) is 22.9. The summed E-state index contributed by atoms with van der Waals surface area (Å²) in [5.74, 6) is -0.146. The van der Waals surface area contributed by atoms with Crippen molar-refractivity contribution in [3.05, 3.63) is 54.1 Å². The molecule has 0 aliphatic heterocycles. The van der Waals surface area contributed by atoms with Gasteiger partial charge in [-0.3, -0.25) is 9.69 Å². The van der Waals surface area contributed by atoms with Crippen LogP contribution in [0.1, 0.15) is 120 Å². The smallest absolute Gasteiger partial charge is 0.321 e. The van der Waals surface area contributed by atoms with Crippen LogP contribution in [0.2, 0.25) is 0 Å². The van der Waals surface area contributed by atoms with E-state index in [0.29, 0.717) is 12.1 Å². The van der Waals surface area contributed by atoms with Crippen molar-refractivity contribution in [3.8, 4) is 16.9 Å². The highest BCUT2D eigenvalue weighted by atomic mass is 16.3. The molecule has 0 saturated carbocycles. The summed E-state index contributed by atoms with van der Waals surface area (Å²) in [4.78, 5) is 25.9. The van der Waals surface area contributed by atoms with Crippen LogP contribution in [-0.2, 0) is 0 Å². The van der Waals surface area contributed by atoms with Gasteiger partial charge in [0.1, 0.15) is 5.75 Å². The quantitative estimate of drug-likeness (QED) is 0.186. The fourth-order valence-electron chi connectivity index (χ4n) is 4.74. The fourth-order valence-corrected chi connectivity index (χ4v) is 4.74. The Labute approximate surface area is 224 Å². The van der Waals surface area contributed by atoms with Gasteiger partial charge in [0.05, 0.1) is 0 Å². The molecule has 3 amide bonds. The zero-order valence-electron chi connectivity index (χ0n) is 22.9. The van der Waals surface area contributed by atoms with Crippen LogP contribution in [0.3, 0.4) is 0 Å². The number of aromatic hydroxyl groups is 1. The monoisotopic (exact) mass is 508 g/mol. The molecule has 0 spiro atoms. The Hall–Kier alpha value is -2.82. The van der Waals surface area contributed by atoms with Crippen LogP contribution >= 0.6 is 0 Å². The molecule has 0 atom stereocenters. The first kappa shape index (κ1) is 30.4. The van der Waals surface area contributed by atoms with Crippen LogP contribution in [-0.4, -0.2) is 28.5 Å². The molecule has 5 heteroatoms. The number of amides is 3. The number of primary amides is 1. The summed E-state index contributed by atoms with van der Waals surface area (Å²) < 4.78 is 0. The third-order valence-electron chi connectivity index (χ3n) is 7.08. The second-order valence-electron chi connectivity index (χ2n) is 10.2. The van der Waals surface area contributed by atoms with E-state index in [-0.39, 0.29) is 11.7 Å². The maximum absolute atomic E-state index is 12.9. The van der Waals surface area contributed by atoms with Crippen LogP contribution < -0.4 is 5.73 Å². The molecule has 3 N–H and O–H groups in total. The average Bonchev–Trinajstić information content (AvgIpc) is 2.90. The summed E-state index contributed by atoms with van der Waals surface area (Å²) in [5, 5.41) is 9.45. The normalized spacial score (nSPS) is 10.9. The van der Waals surface area contributed by atoms with E-state index in [0.717, 1.165) is 35.3 Å². The largest absolute Gasteiger partial charge is 0.508 e. The first-order valence-corrected chi connectivity index (χ1v) is 14.5. The highest BCUT2D eigenvalue weighted by molar-refractivity contribution is 6.04. The van der Waals surface area contributed by atoms with Crippen LogP contribution in [0.5, 0.6) is 5.75 Å². The Morgan fingerprint density at radius 2 is 1.00 bits per heavy atom. The average molecular weight is 509 g/mol. The van der Waals surface area contributed by atoms with Crippen molar-refractivity contribution < 1.29 is 14.7 Å². The van der Waals surface area contributed by atoms with Gasteiger partial charge in [-0.05, 0) is 41.8 Å². The number of rotatable bonds is 19. The highest BCUT2D eigenvalue weighted by Crippen LogP contribution is 2.23. The first-order chi connectivity index (χ1) is 18.0. The van der Waals surface area contributed by atoms with Gasteiger partial charge in [0.15, 0.2) is 0 Å². The molecule has 204 valence electrons. The molecule has 2 aromatic rings. The summed E-state index contributed by atoms with van der Waals surface area (Å²) in [5.41, 5.74) is 7.83. The lowest BCUT2D eigenvalue weighted by Crippen LogP contribution is -2.41. The number of hydrogen-bond donors (Lipinski definition) is 2. The third-order valence-corrected chi connectivity index (χ3v) is 7.08. The van der Waals surface area contributed by atoms with Crippen molar-refractivity contribution in [3.63, 3.8) is 0 Å². The molecular formula is C32H48N2O3. The Kier molecular flexibility index (Phi) is 15.1. The number of unbranched alkanes of at least 4 members (excludes halogenated alkanes) is 15. The third kappa shape index (κ3) is 12.3. The molecular weight excluding hydrogens is 460 g/mol. The first-order valence-electron chi connectivity index (χ1n) is 14.5. The van der Waals surface area contributed by atoms with E-state index in [2.05, 4.69) is 6.92 Å². The number of imide groups is 1. The second kappa shape index (κ2) is 18.4. The summed E-state index contributed by atoms with van der Waals surface area (Å²) in [6.07, 6.45) is 20.5. The van der Waals surface area contributed by atoms with Gasteiger partial charge in [-0.15, -0.1) is 0 Å². The van der Waals surface area contributed by atoms with E-state index in [4.69, 9.17) is 5.73 Å². The van der Waals surface area contributed by atoms with Crippen molar-refractivity contribution in [1.29, 1.82) is 0 Å². The summed E-state index contributed by atoms with van der Waals surface area (Å²) in [6.45, 7) is 2.62. The molecule has 0 bridgehead atoms. The minimum atomic E-state index is -0.700. The number of carbonyl (C=O) groups excluding carboxylic acids is 2. The maximum atomic E-state index is 12.9. The molecule has 0 fully saturated rings. The number of phenols is 1. The van der Waals surface area contributed by atoms with Gasteiger partial charge in [-0.25, -0.2) is 4.79 Å². The Morgan fingerprint density at radius 1 is 0.622 bits per heavy atom. The van der Waals surface area contributed by atoms with Crippen LogP contribution in [0.15, 0.2) is 48.5 Å². The number of benzene rings is 2. The lowest BCUT2D eigenvalue weighted by Gasteiger charge is -2.18. The number of hydrogen-bond acceptors (Lipinski definition) is 3. The van der Waals surface area contributed by atoms with Gasteiger partial charge >= 0.3 is 6.03 Å². The molecule has 0 aliphatic carbocycles. The van der Waals surface area contributed by atoms with Crippen LogP contribution in [0, 0.1) is 0 Å². The predicted molar refractivity (Wildman–Crippen MR) is 154 cm³/mol. The van der Waals surface area contributed by atoms with Gasteiger partial charge < -0.3 is 10.8 Å². The second-order valence-corrected chi connectivity index (χ2v) is 10.2. The molecule has 0 aromatic heterocycles. The number of nitrogens with zero attached hydrogens (tertiary/aromatic N) is 1. The van der Waals surface area contributed by atoms with E-state index >= 15 is 0 Å². The molecule has 37 heavy (non-hydrogen) atoms. The molecule has 0 saturated heterocycles. The topological polar surface area (TPSA) is 83.6 Å². The predicted octanol–water partition coefficient (Wildman–Crippen LogP) is 8.84. The van der Waals surface area contributed by atoms with Crippen molar-refractivity contribution in [1.82, 2.24) is 4.90 Å². The minimum Gasteiger partial charge on any atom is -0.508 e. The van der Waals surface area contributed by atoms with Gasteiger partial charge in [0.25, 0.3) is 5.91 Å². The van der Waals surface area contributed by atoms with Gasteiger partial charge in [0, 0.05) is 12.1 Å². The molecule has 0 radical (unpaired) electrons. The molecule has 0 heterocycles. The van der Waals surface area contributed by atoms with Gasteiger partial charge in [-0.2, -0.15) is 0 Å². The zero-order chi connectivity index (χ0) is 26.7. The van der Waals surface area contributed by atoms with Gasteiger partial charge in [0.2, 0.25) is 0 Å². The van der Waals surface area contributed by atoms with Crippen molar-refractivity contribution >= 4 is 11.9 Å². The lowest BCUT2D eigenvalue weighted by atomic mass is 10.0. The van der Waals surface area contributed by atoms with Crippen LogP contribution in [0.25, 0.3) is 11.1 Å². The summed E-state index contributed by atoms with van der Waals surface area (Å²) in [6, 6.07) is 13.3. The SMILES string of the molecule is CCCCCCCCCCCCCCCCCCN(C(N)=O)C(=O)c1ccc(-c2ccc(O)cc2)cc1. The minimum absolute atomic E-state index is 0.210. The number of nitrogens with two attached hydrogens (primary N) is 1. The van der Waals surface area contributed by atoms with E-state index in [1.807, 2.05) is 24.3 Å². The van der Waals surface area contributed by atoms with E-state index in [9.17, 15) is 14.7 Å². The molecule has 2 aromatic carbocycles. The van der Waals surface area contributed by atoms with E-state index < -0.39 is 6.03 Å². The molecule has 5 nitrogen and oxygen atoms in total. The summed E-state index contributed by atoms with van der Waals surface area (Å²) >= 11 is 0. The van der Waals surface area contributed by atoms with Crippen molar-refractivity contribution in [2.75, 3.05) is 6.54 Å². The Balaban J connectivity index is 1.57. The van der Waals surface area contributed by atoms with E-state index in [1.165, 1.54) is 83.5 Å². The number of urea groups is 1. The van der Waals surface area contributed by atoms with E-state index in [1.54, 1.807) is 24.3 Å². The fraction of sp³-hybridized carbons (Fsp3) is 0.562. The molecule has 0 aliphatic rings. The maximum Gasteiger partial charge on any atom is 0.321 e. The Bertz CT molecular complexity index is 893. The van der Waals surface area contributed by atoms with Crippen LogP contribution in [0.4, 0.5) is 4.79 Å². The molecule has 2 rings (SSSR count). The number of phenolic OH excluding ortho intramolecular Hbond substituents is 1. The lowest BCUT2D eigenvalue weighted by molar-refractivity contribution is 0.0806. The van der Waals surface area contributed by atoms with Crippen molar-refractivity contribution in [2.24, 2.45) is 5.73 Å².